The van der Waals surface area contributed by atoms with Crippen molar-refractivity contribution in [2.75, 3.05) is 0 Å². The number of fused-ring (bicyclic) bond motifs is 3. The Morgan fingerprint density at radius 3 is 2.56 bits per heavy atom. The molecule has 0 aromatic rings. The number of carbonyl (C=O) groups excluding carboxylic acids is 2. The van der Waals surface area contributed by atoms with E-state index in [1.807, 2.05) is 0 Å². The smallest absolute Gasteiger partial charge is 0.411 e. The van der Waals surface area contributed by atoms with Crippen LogP contribution in [0.1, 0.15) is 40.0 Å². The molecule has 2 bridgehead atoms. The molecule has 1 saturated carbocycles. The lowest BCUT2D eigenvalue weighted by Gasteiger charge is -2.51. The fraction of sp³-hybridized carbons (Fsp3) is 0.846. The zero-order valence-electron chi connectivity index (χ0n) is 11.1. The first-order chi connectivity index (χ1) is 8.33. The van der Waals surface area contributed by atoms with E-state index in [0.717, 1.165) is 19.1 Å². The van der Waals surface area contributed by atoms with Gasteiger partial charge < -0.3 is 14.6 Å². The molecule has 0 radical (unpaired) electrons. The number of piperidine rings is 2. The molecule has 0 aromatic carbocycles. The minimum Gasteiger partial charge on any atom is -0.444 e. The molecule has 1 aliphatic carbocycles. The number of carbonyl (C=O) groups is 2. The maximum Gasteiger partial charge on any atom is 0.411 e. The number of amides is 1. The Balaban J connectivity index is 2.16. The molecule has 0 aromatic heterocycles. The largest absolute Gasteiger partial charge is 0.444 e. The van der Waals surface area contributed by atoms with Crippen LogP contribution in [-0.4, -0.2) is 46.2 Å². The maximum absolute atomic E-state index is 12.1. The molecule has 102 valence electrons. The molecule has 3 rings (SSSR count). The standard InChI is InChI=1S/C13H21NO4/c1-13(2,3)18-12(17)14-8-4-5-9(10(14)7-15)11(16)6-8/h7-11,16H,4-6H2,1-3H3/t8-,9-,10+,11+/m0/s1. The predicted molar refractivity (Wildman–Crippen MR) is 65.1 cm³/mol. The summed E-state index contributed by atoms with van der Waals surface area (Å²) in [6.45, 7) is 5.41. The van der Waals surface area contributed by atoms with E-state index in [1.165, 1.54) is 4.90 Å². The van der Waals surface area contributed by atoms with Crippen LogP contribution in [0.2, 0.25) is 0 Å². The fourth-order valence-corrected chi connectivity index (χ4v) is 3.00. The number of aliphatic hydroxyl groups is 1. The summed E-state index contributed by atoms with van der Waals surface area (Å²) in [5, 5.41) is 9.90. The molecule has 2 saturated heterocycles. The monoisotopic (exact) mass is 255 g/mol. The normalized spacial score (nSPS) is 35.4. The summed E-state index contributed by atoms with van der Waals surface area (Å²) >= 11 is 0. The molecule has 5 heteroatoms. The van der Waals surface area contributed by atoms with Gasteiger partial charge in [0.25, 0.3) is 0 Å². The van der Waals surface area contributed by atoms with Crippen LogP contribution in [0, 0.1) is 5.92 Å². The van der Waals surface area contributed by atoms with Crippen LogP contribution in [0.25, 0.3) is 0 Å². The summed E-state index contributed by atoms with van der Waals surface area (Å²) in [6, 6.07) is -0.614. The summed E-state index contributed by atoms with van der Waals surface area (Å²) in [6.07, 6.45) is 2.04. The highest BCUT2D eigenvalue weighted by Gasteiger charge is 2.49. The number of ether oxygens (including phenoxy) is 1. The number of aliphatic hydroxyl groups excluding tert-OH is 1. The van der Waals surface area contributed by atoms with Crippen LogP contribution < -0.4 is 0 Å². The lowest BCUT2D eigenvalue weighted by Crippen LogP contribution is -2.63. The average molecular weight is 255 g/mol. The van der Waals surface area contributed by atoms with Crippen LogP contribution in [0.15, 0.2) is 0 Å². The molecule has 3 fully saturated rings. The maximum atomic E-state index is 12.1. The first kappa shape index (κ1) is 13.3. The van der Waals surface area contributed by atoms with Crippen molar-refractivity contribution in [3.63, 3.8) is 0 Å². The van der Waals surface area contributed by atoms with Crippen LogP contribution in [0.3, 0.4) is 0 Å². The van der Waals surface area contributed by atoms with E-state index in [0.29, 0.717) is 6.42 Å². The first-order valence-electron chi connectivity index (χ1n) is 6.48. The molecule has 5 nitrogen and oxygen atoms in total. The Hall–Kier alpha value is -1.10. The van der Waals surface area contributed by atoms with E-state index in [2.05, 4.69) is 0 Å². The molecule has 0 unspecified atom stereocenters. The molecule has 1 N–H and O–H groups in total. The highest BCUT2D eigenvalue weighted by molar-refractivity contribution is 5.75. The lowest BCUT2D eigenvalue weighted by atomic mass is 9.73. The summed E-state index contributed by atoms with van der Waals surface area (Å²) in [5.74, 6) is -0.139. The van der Waals surface area contributed by atoms with Gasteiger partial charge >= 0.3 is 6.09 Å². The van der Waals surface area contributed by atoms with Gasteiger partial charge in [0.15, 0.2) is 0 Å². The summed E-state index contributed by atoms with van der Waals surface area (Å²) in [4.78, 5) is 24.9. The van der Waals surface area contributed by atoms with Crippen molar-refractivity contribution in [3.05, 3.63) is 0 Å². The van der Waals surface area contributed by atoms with Gasteiger partial charge in [0.05, 0.1) is 12.1 Å². The third-order valence-electron chi connectivity index (χ3n) is 3.74. The van der Waals surface area contributed by atoms with Crippen molar-refractivity contribution in [2.45, 2.75) is 63.8 Å². The van der Waals surface area contributed by atoms with E-state index in [4.69, 9.17) is 4.74 Å². The van der Waals surface area contributed by atoms with Gasteiger partial charge in [-0.3, -0.25) is 4.90 Å². The van der Waals surface area contributed by atoms with E-state index in [9.17, 15) is 14.7 Å². The van der Waals surface area contributed by atoms with Crippen LogP contribution in [0.5, 0.6) is 0 Å². The van der Waals surface area contributed by atoms with E-state index >= 15 is 0 Å². The third kappa shape index (κ3) is 2.36. The minimum absolute atomic E-state index is 0.0740. The number of hydrogen-bond acceptors (Lipinski definition) is 4. The molecule has 2 aliphatic heterocycles. The quantitative estimate of drug-likeness (QED) is 0.718. The van der Waals surface area contributed by atoms with Gasteiger partial charge in [-0.25, -0.2) is 4.79 Å². The SMILES string of the molecule is CC(C)(C)OC(=O)N1[C@H]2CC[C@H]([C@H](O)C2)[C@H]1C=O. The molecular weight excluding hydrogens is 234 g/mol. The van der Waals surface area contributed by atoms with Crippen molar-refractivity contribution in [3.8, 4) is 0 Å². The molecular formula is C13H21NO4. The Morgan fingerprint density at radius 2 is 2.06 bits per heavy atom. The molecule has 0 spiro atoms. The van der Waals surface area contributed by atoms with E-state index in [1.54, 1.807) is 20.8 Å². The van der Waals surface area contributed by atoms with E-state index < -0.39 is 23.8 Å². The van der Waals surface area contributed by atoms with Gasteiger partial charge in [-0.05, 0) is 40.0 Å². The molecule has 3 aliphatic rings. The van der Waals surface area contributed by atoms with Crippen LogP contribution in [-0.2, 0) is 9.53 Å². The zero-order valence-corrected chi connectivity index (χ0v) is 11.1. The second-order valence-corrected chi connectivity index (χ2v) is 6.21. The summed E-state index contributed by atoms with van der Waals surface area (Å²) < 4.78 is 5.34. The van der Waals surface area contributed by atoms with Gasteiger partial charge in [0, 0.05) is 12.0 Å². The van der Waals surface area contributed by atoms with Crippen molar-refractivity contribution >= 4 is 12.4 Å². The number of rotatable bonds is 1. The molecule has 4 atom stereocenters. The van der Waals surface area contributed by atoms with Crippen molar-refractivity contribution < 1.29 is 19.4 Å². The van der Waals surface area contributed by atoms with Gasteiger partial charge in [-0.15, -0.1) is 0 Å². The average Bonchev–Trinajstić information content (AvgIpc) is 2.25. The van der Waals surface area contributed by atoms with Crippen molar-refractivity contribution in [1.29, 1.82) is 0 Å². The topological polar surface area (TPSA) is 66.8 Å². The van der Waals surface area contributed by atoms with Crippen LogP contribution >= 0.6 is 0 Å². The third-order valence-corrected chi connectivity index (χ3v) is 3.74. The molecule has 1 amide bonds. The Morgan fingerprint density at radius 1 is 1.39 bits per heavy atom. The van der Waals surface area contributed by atoms with Gasteiger partial charge in [-0.2, -0.15) is 0 Å². The lowest BCUT2D eigenvalue weighted by molar-refractivity contribution is -0.130. The highest BCUT2D eigenvalue weighted by Crippen LogP contribution is 2.39. The van der Waals surface area contributed by atoms with Crippen molar-refractivity contribution in [1.82, 2.24) is 4.90 Å². The van der Waals surface area contributed by atoms with E-state index in [-0.39, 0.29) is 12.0 Å². The highest BCUT2D eigenvalue weighted by atomic mass is 16.6. The zero-order chi connectivity index (χ0) is 13.5. The Kier molecular flexibility index (Phi) is 3.36. The second kappa shape index (κ2) is 4.53. The second-order valence-electron chi connectivity index (χ2n) is 6.21. The summed E-state index contributed by atoms with van der Waals surface area (Å²) in [5.41, 5.74) is -0.570. The van der Waals surface area contributed by atoms with Gasteiger partial charge in [0.1, 0.15) is 11.9 Å². The minimum atomic E-state index is -0.570. The Bertz CT molecular complexity index is 349. The summed E-state index contributed by atoms with van der Waals surface area (Å²) in [7, 11) is 0. The van der Waals surface area contributed by atoms with Gasteiger partial charge in [0.2, 0.25) is 0 Å². The fourth-order valence-electron chi connectivity index (χ4n) is 3.00. The van der Waals surface area contributed by atoms with Crippen LogP contribution in [0.4, 0.5) is 4.79 Å². The first-order valence-corrected chi connectivity index (χ1v) is 6.48. The number of nitrogens with zero attached hydrogens (tertiary/aromatic N) is 1. The number of aldehydes is 1. The predicted octanol–water partition coefficient (Wildman–Crippen LogP) is 1.33. The molecule has 2 heterocycles. The van der Waals surface area contributed by atoms with Gasteiger partial charge in [-0.1, -0.05) is 0 Å². The number of hydrogen-bond donors (Lipinski definition) is 1. The van der Waals surface area contributed by atoms with Crippen molar-refractivity contribution in [2.24, 2.45) is 5.92 Å². The molecule has 18 heavy (non-hydrogen) atoms. The Labute approximate surface area is 107 Å².